The fourth-order valence-corrected chi connectivity index (χ4v) is 2.57. The van der Waals surface area contributed by atoms with Crippen LogP contribution in [0.25, 0.3) is 0 Å². The van der Waals surface area contributed by atoms with Crippen LogP contribution >= 0.6 is 0 Å². The Bertz CT molecular complexity index is 262. The van der Waals surface area contributed by atoms with Crippen LogP contribution in [0.5, 0.6) is 0 Å². The number of hydrogen-bond acceptors (Lipinski definition) is 3. The maximum atomic E-state index is 11.5. The Hall–Kier alpha value is -0.0900. The van der Waals surface area contributed by atoms with Crippen molar-refractivity contribution in [3.63, 3.8) is 0 Å². The predicted octanol–water partition coefficient (Wildman–Crippen LogP) is 2.37. The number of sulfone groups is 1. The third-order valence-corrected chi connectivity index (χ3v) is 4.70. The van der Waals surface area contributed by atoms with Crippen LogP contribution in [0.15, 0.2) is 0 Å². The lowest BCUT2D eigenvalue weighted by molar-refractivity contribution is 0.442. The van der Waals surface area contributed by atoms with Crippen molar-refractivity contribution in [3.8, 4) is 0 Å². The molecule has 0 amide bonds. The topological polar surface area (TPSA) is 46.2 Å². The van der Waals surface area contributed by atoms with Crippen LogP contribution in [0.1, 0.15) is 52.9 Å². The molecule has 0 spiro atoms. The van der Waals surface area contributed by atoms with E-state index in [0.717, 1.165) is 25.8 Å². The molecule has 0 aromatic rings. The summed E-state index contributed by atoms with van der Waals surface area (Å²) in [5.74, 6) is 0. The summed E-state index contributed by atoms with van der Waals surface area (Å²) in [6.07, 6.45) is 6.80. The van der Waals surface area contributed by atoms with Crippen LogP contribution in [-0.4, -0.2) is 32.5 Å². The molecule has 0 aromatic heterocycles. The quantitative estimate of drug-likeness (QED) is 0.638. The number of unbranched alkanes of at least 4 members (excludes halogenated alkanes) is 2. The van der Waals surface area contributed by atoms with Gasteiger partial charge >= 0.3 is 0 Å². The maximum Gasteiger partial charge on any atom is 0.151 e. The lowest BCUT2D eigenvalue weighted by atomic mass is 10.1. The summed E-state index contributed by atoms with van der Waals surface area (Å²) in [4.78, 5) is 0. The Morgan fingerprint density at radius 2 is 1.75 bits per heavy atom. The second-order valence-electron chi connectivity index (χ2n) is 4.59. The minimum atomic E-state index is -2.93. The maximum absolute atomic E-state index is 11.5. The fraction of sp³-hybridized carbons (Fsp3) is 1.00. The molecule has 2 atom stereocenters. The van der Waals surface area contributed by atoms with E-state index in [0.29, 0.717) is 0 Å². The van der Waals surface area contributed by atoms with Gasteiger partial charge in [0, 0.05) is 12.3 Å². The van der Waals surface area contributed by atoms with E-state index in [1.165, 1.54) is 19.1 Å². The van der Waals surface area contributed by atoms with Gasteiger partial charge in [0.1, 0.15) is 0 Å². The molecule has 0 fully saturated rings. The molecule has 0 radical (unpaired) electrons. The summed E-state index contributed by atoms with van der Waals surface area (Å²) in [5.41, 5.74) is 0. The summed E-state index contributed by atoms with van der Waals surface area (Å²) in [6.45, 7) is 6.97. The predicted molar refractivity (Wildman–Crippen MR) is 70.5 cm³/mol. The summed E-state index contributed by atoms with van der Waals surface area (Å²) in [6, 6.07) is 0.112. The Labute approximate surface area is 101 Å². The number of rotatable bonds is 9. The highest BCUT2D eigenvalue weighted by Crippen LogP contribution is 2.12. The lowest BCUT2D eigenvalue weighted by Crippen LogP contribution is -2.42. The van der Waals surface area contributed by atoms with E-state index < -0.39 is 9.84 Å². The third-order valence-electron chi connectivity index (χ3n) is 3.02. The molecule has 2 unspecified atom stereocenters. The molecule has 0 aliphatic carbocycles. The van der Waals surface area contributed by atoms with Crippen molar-refractivity contribution in [1.82, 2.24) is 5.32 Å². The molecule has 0 aliphatic rings. The van der Waals surface area contributed by atoms with Crippen LogP contribution in [-0.2, 0) is 9.84 Å². The summed E-state index contributed by atoms with van der Waals surface area (Å²) in [5, 5.41) is 3.07. The van der Waals surface area contributed by atoms with Crippen LogP contribution in [0.2, 0.25) is 0 Å². The monoisotopic (exact) mass is 249 g/mol. The second-order valence-corrected chi connectivity index (χ2v) is 6.99. The molecule has 0 heterocycles. The van der Waals surface area contributed by atoms with Crippen molar-refractivity contribution in [2.45, 2.75) is 64.2 Å². The Morgan fingerprint density at radius 1 is 1.12 bits per heavy atom. The van der Waals surface area contributed by atoms with E-state index >= 15 is 0 Å². The van der Waals surface area contributed by atoms with E-state index in [-0.39, 0.29) is 11.3 Å². The minimum Gasteiger partial charge on any atom is -0.313 e. The summed E-state index contributed by atoms with van der Waals surface area (Å²) < 4.78 is 23.1. The number of nitrogens with one attached hydrogen (secondary N) is 1. The molecule has 3 nitrogen and oxygen atoms in total. The van der Waals surface area contributed by atoms with Crippen molar-refractivity contribution in [2.75, 3.05) is 12.8 Å². The van der Waals surface area contributed by atoms with Gasteiger partial charge in [-0.3, -0.25) is 0 Å². The highest BCUT2D eigenvalue weighted by molar-refractivity contribution is 7.91. The molecule has 0 saturated heterocycles. The standard InChI is InChI=1S/C12H27NO2S/c1-5-7-8-9-12(13-10-6-2)11(3)16(4,14)15/h11-13H,5-10H2,1-4H3. The van der Waals surface area contributed by atoms with E-state index in [2.05, 4.69) is 19.2 Å². The average molecular weight is 249 g/mol. The third kappa shape index (κ3) is 6.48. The van der Waals surface area contributed by atoms with Gasteiger partial charge in [-0.25, -0.2) is 8.42 Å². The molecular formula is C12H27NO2S. The highest BCUT2D eigenvalue weighted by Gasteiger charge is 2.24. The van der Waals surface area contributed by atoms with Crippen molar-refractivity contribution >= 4 is 9.84 Å². The number of hydrogen-bond donors (Lipinski definition) is 1. The lowest BCUT2D eigenvalue weighted by Gasteiger charge is -2.23. The molecule has 98 valence electrons. The van der Waals surface area contributed by atoms with Gasteiger partial charge in [0.2, 0.25) is 0 Å². The first-order chi connectivity index (χ1) is 7.43. The Balaban J connectivity index is 4.29. The molecule has 0 aliphatic heterocycles. The first kappa shape index (κ1) is 15.9. The minimum absolute atomic E-state index is 0.112. The molecule has 0 rings (SSSR count). The van der Waals surface area contributed by atoms with Crippen molar-refractivity contribution in [1.29, 1.82) is 0 Å². The Kier molecular flexibility index (Phi) is 8.02. The van der Waals surface area contributed by atoms with Crippen molar-refractivity contribution in [2.24, 2.45) is 0 Å². The molecule has 0 bridgehead atoms. The van der Waals surface area contributed by atoms with Gasteiger partial charge in [0.25, 0.3) is 0 Å². The summed E-state index contributed by atoms with van der Waals surface area (Å²) >= 11 is 0. The van der Waals surface area contributed by atoms with Gasteiger partial charge in [-0.05, 0) is 26.3 Å². The van der Waals surface area contributed by atoms with Gasteiger partial charge in [0.15, 0.2) is 9.84 Å². The zero-order chi connectivity index (χ0) is 12.6. The van der Waals surface area contributed by atoms with Crippen molar-refractivity contribution < 1.29 is 8.42 Å². The van der Waals surface area contributed by atoms with Crippen LogP contribution in [0, 0.1) is 0 Å². The molecule has 4 heteroatoms. The first-order valence-corrected chi connectivity index (χ1v) is 8.31. The largest absolute Gasteiger partial charge is 0.313 e. The van der Waals surface area contributed by atoms with E-state index in [1.54, 1.807) is 0 Å². The normalized spacial score (nSPS) is 16.0. The van der Waals surface area contributed by atoms with Gasteiger partial charge in [0.05, 0.1) is 5.25 Å². The first-order valence-electron chi connectivity index (χ1n) is 6.35. The molecule has 0 aromatic carbocycles. The second kappa shape index (κ2) is 8.07. The van der Waals surface area contributed by atoms with Crippen LogP contribution < -0.4 is 5.32 Å². The zero-order valence-electron chi connectivity index (χ0n) is 11.1. The Morgan fingerprint density at radius 3 is 2.19 bits per heavy atom. The van der Waals surface area contributed by atoms with Crippen LogP contribution in [0.3, 0.4) is 0 Å². The molecule has 16 heavy (non-hydrogen) atoms. The molecule has 1 N–H and O–H groups in total. The van der Waals surface area contributed by atoms with Gasteiger partial charge in [-0.2, -0.15) is 0 Å². The summed E-state index contributed by atoms with van der Waals surface area (Å²) in [7, 11) is -2.93. The van der Waals surface area contributed by atoms with Gasteiger partial charge in [-0.15, -0.1) is 0 Å². The average Bonchev–Trinajstić information content (AvgIpc) is 2.21. The van der Waals surface area contributed by atoms with Gasteiger partial charge in [-0.1, -0.05) is 33.1 Å². The van der Waals surface area contributed by atoms with E-state index in [4.69, 9.17) is 0 Å². The van der Waals surface area contributed by atoms with E-state index in [9.17, 15) is 8.42 Å². The van der Waals surface area contributed by atoms with Crippen LogP contribution in [0.4, 0.5) is 0 Å². The molecular weight excluding hydrogens is 222 g/mol. The zero-order valence-corrected chi connectivity index (χ0v) is 11.9. The van der Waals surface area contributed by atoms with Gasteiger partial charge < -0.3 is 5.32 Å². The fourth-order valence-electron chi connectivity index (χ4n) is 1.75. The molecule has 0 saturated carbocycles. The van der Waals surface area contributed by atoms with E-state index in [1.807, 2.05) is 6.92 Å². The SMILES string of the molecule is CCCCCC(NCCC)C(C)S(C)(=O)=O. The smallest absolute Gasteiger partial charge is 0.151 e. The highest BCUT2D eigenvalue weighted by atomic mass is 32.2. The van der Waals surface area contributed by atoms with Crippen molar-refractivity contribution in [3.05, 3.63) is 0 Å².